The second-order valence-electron chi connectivity index (χ2n) is 3.69. The van der Waals surface area contributed by atoms with E-state index in [9.17, 15) is 0 Å². The lowest BCUT2D eigenvalue weighted by molar-refractivity contribution is 1.50. The second kappa shape index (κ2) is 5.99. The quantitative estimate of drug-likeness (QED) is 0.556. The molecule has 2 rings (SSSR count). The van der Waals surface area contributed by atoms with E-state index in [1.165, 1.54) is 3.57 Å². The highest BCUT2D eigenvalue weighted by Gasteiger charge is 2.06. The van der Waals surface area contributed by atoms with Crippen LogP contribution in [0.25, 0.3) is 0 Å². The molecule has 2 aromatic rings. The molecule has 0 heterocycles. The minimum atomic E-state index is 0.379. The second-order valence-corrected chi connectivity index (χ2v) is 6.29. The van der Waals surface area contributed by atoms with E-state index in [-0.39, 0.29) is 0 Å². The largest absolute Gasteiger partial charge is 0.389 e. The maximum absolute atomic E-state index is 5.73. The first-order valence-electron chi connectivity index (χ1n) is 5.18. The van der Waals surface area contributed by atoms with E-state index in [0.29, 0.717) is 4.99 Å². The first-order valence-corrected chi connectivity index (χ1v) is 7.46. The molecule has 0 atom stereocenters. The fourth-order valence-corrected chi connectivity index (χ4v) is 2.41. The van der Waals surface area contributed by atoms with Crippen LogP contribution < -0.4 is 11.1 Å². The molecule has 2 nitrogen and oxygen atoms in total. The highest BCUT2D eigenvalue weighted by molar-refractivity contribution is 14.1. The summed E-state index contributed by atoms with van der Waals surface area (Å²) in [6.07, 6.45) is 0. The number of hydrogen-bond donors (Lipinski definition) is 2. The molecule has 0 bridgehead atoms. The number of nitrogens with one attached hydrogen (secondary N) is 1. The molecule has 0 aliphatic heterocycles. The van der Waals surface area contributed by atoms with Crippen LogP contribution in [0.3, 0.4) is 0 Å². The summed E-state index contributed by atoms with van der Waals surface area (Å²) in [5, 5.41) is 3.32. The summed E-state index contributed by atoms with van der Waals surface area (Å²) in [4.78, 5) is 0.379. The van der Waals surface area contributed by atoms with Gasteiger partial charge in [-0.1, -0.05) is 28.1 Å². The van der Waals surface area contributed by atoms with Crippen LogP contribution in [0.4, 0.5) is 11.4 Å². The Morgan fingerprint density at radius 2 is 1.83 bits per heavy atom. The van der Waals surface area contributed by atoms with E-state index < -0.39 is 0 Å². The maximum atomic E-state index is 5.73. The predicted octanol–water partition coefficient (Wildman–Crippen LogP) is 4.43. The highest BCUT2D eigenvalue weighted by atomic mass is 127. The third-order valence-corrected chi connectivity index (χ3v) is 3.80. The van der Waals surface area contributed by atoms with Gasteiger partial charge in [-0.3, -0.25) is 0 Å². The molecule has 3 N–H and O–H groups in total. The molecule has 0 spiro atoms. The number of benzene rings is 2. The van der Waals surface area contributed by atoms with Crippen molar-refractivity contribution in [3.8, 4) is 0 Å². The molecular weight excluding hydrogens is 423 g/mol. The smallest absolute Gasteiger partial charge is 0.106 e. The molecule has 0 aliphatic rings. The SMILES string of the molecule is NC(=S)c1cc(Br)ccc1Nc1ccc(I)cc1. The molecule has 2 aromatic carbocycles. The summed E-state index contributed by atoms with van der Waals surface area (Å²) in [5.74, 6) is 0. The van der Waals surface area contributed by atoms with E-state index in [0.717, 1.165) is 21.4 Å². The Hall–Kier alpha value is -0.660. The normalized spacial score (nSPS) is 10.1. The molecule has 0 aromatic heterocycles. The first-order chi connectivity index (χ1) is 8.56. The van der Waals surface area contributed by atoms with Crippen LogP contribution in [0.1, 0.15) is 5.56 Å². The zero-order valence-electron chi connectivity index (χ0n) is 9.28. The third-order valence-electron chi connectivity index (χ3n) is 2.37. The fraction of sp³-hybridized carbons (Fsp3) is 0. The van der Waals surface area contributed by atoms with Gasteiger partial charge in [0.2, 0.25) is 0 Å². The number of thiocarbonyl (C=S) groups is 1. The Balaban J connectivity index is 2.34. The van der Waals surface area contributed by atoms with Crippen molar-refractivity contribution in [2.24, 2.45) is 5.73 Å². The monoisotopic (exact) mass is 432 g/mol. The van der Waals surface area contributed by atoms with Crippen LogP contribution in [-0.2, 0) is 0 Å². The van der Waals surface area contributed by atoms with Crippen molar-refractivity contribution in [2.45, 2.75) is 0 Å². The predicted molar refractivity (Wildman–Crippen MR) is 92.5 cm³/mol. The van der Waals surface area contributed by atoms with Crippen molar-refractivity contribution >= 4 is 67.1 Å². The van der Waals surface area contributed by atoms with E-state index in [2.05, 4.69) is 43.8 Å². The van der Waals surface area contributed by atoms with Gasteiger partial charge in [0.05, 0.1) is 0 Å². The van der Waals surface area contributed by atoms with Crippen molar-refractivity contribution in [1.82, 2.24) is 0 Å². The molecule has 0 unspecified atom stereocenters. The topological polar surface area (TPSA) is 38.0 Å². The van der Waals surface area contributed by atoms with Gasteiger partial charge >= 0.3 is 0 Å². The van der Waals surface area contributed by atoms with Crippen molar-refractivity contribution in [3.05, 3.63) is 56.1 Å². The molecule has 0 amide bonds. The number of rotatable bonds is 3. The minimum absolute atomic E-state index is 0.379. The van der Waals surface area contributed by atoms with Gasteiger partial charge in [0.15, 0.2) is 0 Å². The van der Waals surface area contributed by atoms with Crippen LogP contribution in [0, 0.1) is 3.57 Å². The van der Waals surface area contributed by atoms with Gasteiger partial charge in [0.25, 0.3) is 0 Å². The fourth-order valence-electron chi connectivity index (χ4n) is 1.52. The molecule has 18 heavy (non-hydrogen) atoms. The lowest BCUT2D eigenvalue weighted by Gasteiger charge is -2.11. The van der Waals surface area contributed by atoms with Gasteiger partial charge < -0.3 is 11.1 Å². The van der Waals surface area contributed by atoms with Crippen LogP contribution in [0.5, 0.6) is 0 Å². The van der Waals surface area contributed by atoms with Crippen molar-refractivity contribution in [3.63, 3.8) is 0 Å². The number of hydrogen-bond acceptors (Lipinski definition) is 2. The van der Waals surface area contributed by atoms with Crippen LogP contribution in [0.2, 0.25) is 0 Å². The van der Waals surface area contributed by atoms with Gasteiger partial charge in [0.1, 0.15) is 4.99 Å². The lowest BCUT2D eigenvalue weighted by Crippen LogP contribution is -2.11. The summed E-state index contributed by atoms with van der Waals surface area (Å²) >= 11 is 10.8. The standard InChI is InChI=1S/C13H10BrIN2S/c14-8-1-6-12(11(7-8)13(16)18)17-10-4-2-9(15)3-5-10/h1-7,17H,(H2,16,18). The molecule has 0 radical (unpaired) electrons. The molecular formula is C13H10BrIN2S. The Labute approximate surface area is 133 Å². The van der Waals surface area contributed by atoms with Crippen LogP contribution in [-0.4, -0.2) is 4.99 Å². The molecule has 0 saturated carbocycles. The van der Waals surface area contributed by atoms with Gasteiger partial charge in [-0.2, -0.15) is 0 Å². The zero-order chi connectivity index (χ0) is 13.1. The van der Waals surface area contributed by atoms with E-state index in [1.54, 1.807) is 0 Å². The third kappa shape index (κ3) is 3.43. The van der Waals surface area contributed by atoms with E-state index in [1.807, 2.05) is 42.5 Å². The average molecular weight is 433 g/mol. The highest BCUT2D eigenvalue weighted by Crippen LogP contribution is 2.25. The molecule has 92 valence electrons. The Morgan fingerprint density at radius 3 is 2.44 bits per heavy atom. The first kappa shape index (κ1) is 13.8. The zero-order valence-corrected chi connectivity index (χ0v) is 13.8. The summed E-state index contributed by atoms with van der Waals surface area (Å²) in [6, 6.07) is 14.0. The minimum Gasteiger partial charge on any atom is -0.389 e. The summed E-state index contributed by atoms with van der Waals surface area (Å²) in [5.41, 5.74) is 8.48. The lowest BCUT2D eigenvalue weighted by atomic mass is 10.1. The summed E-state index contributed by atoms with van der Waals surface area (Å²) < 4.78 is 2.15. The summed E-state index contributed by atoms with van der Waals surface area (Å²) in [7, 11) is 0. The maximum Gasteiger partial charge on any atom is 0.106 e. The van der Waals surface area contributed by atoms with E-state index in [4.69, 9.17) is 18.0 Å². The molecule has 5 heteroatoms. The number of halogens is 2. The van der Waals surface area contributed by atoms with Crippen molar-refractivity contribution < 1.29 is 0 Å². The number of nitrogens with two attached hydrogens (primary N) is 1. The molecule has 0 fully saturated rings. The van der Waals surface area contributed by atoms with E-state index >= 15 is 0 Å². The van der Waals surface area contributed by atoms with Crippen LogP contribution in [0.15, 0.2) is 46.9 Å². The van der Waals surface area contributed by atoms with Crippen molar-refractivity contribution in [1.29, 1.82) is 0 Å². The van der Waals surface area contributed by atoms with Crippen molar-refractivity contribution in [2.75, 3.05) is 5.32 Å². The van der Waals surface area contributed by atoms with Gasteiger partial charge in [-0.25, -0.2) is 0 Å². The van der Waals surface area contributed by atoms with Crippen LogP contribution >= 0.6 is 50.7 Å². The molecule has 0 saturated heterocycles. The Kier molecular flexibility index (Phi) is 4.58. The summed E-state index contributed by atoms with van der Waals surface area (Å²) in [6.45, 7) is 0. The number of anilines is 2. The Bertz CT molecular complexity index is 584. The van der Waals surface area contributed by atoms with Gasteiger partial charge in [-0.05, 0) is 65.1 Å². The molecule has 0 aliphatic carbocycles. The average Bonchev–Trinajstić information content (AvgIpc) is 2.34. The van der Waals surface area contributed by atoms with Gasteiger partial charge in [-0.15, -0.1) is 0 Å². The van der Waals surface area contributed by atoms with Gasteiger partial charge in [0, 0.05) is 25.0 Å². The Morgan fingerprint density at radius 1 is 1.17 bits per heavy atom.